The van der Waals surface area contributed by atoms with Crippen molar-refractivity contribution < 1.29 is 18.1 Å². The highest BCUT2D eigenvalue weighted by molar-refractivity contribution is 7.92. The van der Waals surface area contributed by atoms with Crippen molar-refractivity contribution in [2.24, 2.45) is 0 Å². The summed E-state index contributed by atoms with van der Waals surface area (Å²) in [5, 5.41) is 14.2. The molecule has 0 bridgehead atoms. The van der Waals surface area contributed by atoms with Crippen LogP contribution in [-0.4, -0.2) is 31.5 Å². The van der Waals surface area contributed by atoms with Crippen LogP contribution in [0.4, 0.5) is 17.1 Å². The molecular weight excluding hydrogens is 429 g/mol. The SMILES string of the molecule is Cc1ccc([N+](=O)[O-])cc1N([C@@H](C)C(=O)Nc1ccc(Cl)c(Cl)c1)S(C)(=O)=O. The van der Waals surface area contributed by atoms with E-state index in [1.54, 1.807) is 6.92 Å². The molecule has 0 aliphatic rings. The minimum Gasteiger partial charge on any atom is -0.324 e. The van der Waals surface area contributed by atoms with Gasteiger partial charge in [0.05, 0.1) is 26.9 Å². The second-order valence-electron chi connectivity index (χ2n) is 6.08. The molecule has 8 nitrogen and oxygen atoms in total. The summed E-state index contributed by atoms with van der Waals surface area (Å²) in [6.45, 7) is 2.98. The maximum atomic E-state index is 12.7. The Kier molecular flexibility index (Phi) is 6.53. The van der Waals surface area contributed by atoms with Crippen LogP contribution in [0, 0.1) is 17.0 Å². The van der Waals surface area contributed by atoms with Gasteiger partial charge in [0.2, 0.25) is 15.9 Å². The first-order chi connectivity index (χ1) is 12.9. The smallest absolute Gasteiger partial charge is 0.271 e. The molecule has 28 heavy (non-hydrogen) atoms. The molecule has 0 aliphatic heterocycles. The summed E-state index contributed by atoms with van der Waals surface area (Å²) < 4.78 is 25.6. The summed E-state index contributed by atoms with van der Waals surface area (Å²) in [4.78, 5) is 23.1. The van der Waals surface area contributed by atoms with E-state index in [0.717, 1.165) is 16.6 Å². The van der Waals surface area contributed by atoms with E-state index >= 15 is 0 Å². The van der Waals surface area contributed by atoms with E-state index in [1.807, 2.05) is 0 Å². The quantitative estimate of drug-likeness (QED) is 0.533. The summed E-state index contributed by atoms with van der Waals surface area (Å²) in [5.41, 5.74) is 0.556. The molecule has 0 aliphatic carbocycles. The highest BCUT2D eigenvalue weighted by Crippen LogP contribution is 2.30. The fourth-order valence-corrected chi connectivity index (χ4v) is 4.07. The number of carbonyl (C=O) groups is 1. The molecule has 1 N–H and O–H groups in total. The molecule has 150 valence electrons. The number of non-ortho nitro benzene ring substituents is 1. The summed E-state index contributed by atoms with van der Waals surface area (Å²) >= 11 is 11.8. The zero-order valence-corrected chi connectivity index (χ0v) is 17.5. The van der Waals surface area contributed by atoms with Crippen LogP contribution in [0.5, 0.6) is 0 Å². The number of hydrogen-bond acceptors (Lipinski definition) is 5. The standard InChI is InChI=1S/C17H17Cl2N3O5S/c1-10-4-6-13(22(24)25)9-16(10)21(28(3,26)27)11(2)17(23)20-12-5-7-14(18)15(19)8-12/h4-9,11H,1-3H3,(H,20,23)/t11-/m0/s1. The Hall–Kier alpha value is -2.36. The number of rotatable bonds is 6. The van der Waals surface area contributed by atoms with Crippen LogP contribution >= 0.6 is 23.2 Å². The Morgan fingerprint density at radius 3 is 2.36 bits per heavy atom. The Morgan fingerprint density at radius 1 is 1.18 bits per heavy atom. The first-order valence-corrected chi connectivity index (χ1v) is 10.5. The topological polar surface area (TPSA) is 110 Å². The molecule has 0 unspecified atom stereocenters. The maximum absolute atomic E-state index is 12.7. The molecule has 1 atom stereocenters. The number of amides is 1. The average molecular weight is 446 g/mol. The number of hydrogen-bond donors (Lipinski definition) is 1. The third-order valence-corrected chi connectivity index (χ3v) is 5.88. The van der Waals surface area contributed by atoms with Gasteiger partial charge in [-0.15, -0.1) is 0 Å². The molecular formula is C17H17Cl2N3O5S. The second-order valence-corrected chi connectivity index (χ2v) is 8.75. The van der Waals surface area contributed by atoms with Crippen molar-refractivity contribution in [3.05, 3.63) is 62.1 Å². The van der Waals surface area contributed by atoms with E-state index < -0.39 is 26.9 Å². The van der Waals surface area contributed by atoms with Crippen molar-refractivity contribution in [1.29, 1.82) is 0 Å². The minimum atomic E-state index is -3.93. The van der Waals surface area contributed by atoms with E-state index in [0.29, 0.717) is 16.3 Å². The van der Waals surface area contributed by atoms with E-state index in [2.05, 4.69) is 5.32 Å². The Labute approximate surface area is 172 Å². The Balaban J connectivity index is 2.43. The van der Waals surface area contributed by atoms with Crippen molar-refractivity contribution in [3.8, 4) is 0 Å². The predicted octanol–water partition coefficient (Wildman–Crippen LogP) is 4.00. The molecule has 0 radical (unpaired) electrons. The molecule has 2 aromatic rings. The first kappa shape index (κ1) is 21.9. The van der Waals surface area contributed by atoms with Crippen molar-refractivity contribution in [3.63, 3.8) is 0 Å². The van der Waals surface area contributed by atoms with E-state index in [-0.39, 0.29) is 16.4 Å². The van der Waals surface area contributed by atoms with E-state index in [1.165, 1.54) is 37.3 Å². The van der Waals surface area contributed by atoms with Gasteiger partial charge in [-0.25, -0.2) is 8.42 Å². The molecule has 2 rings (SSSR count). The van der Waals surface area contributed by atoms with Crippen LogP contribution < -0.4 is 9.62 Å². The molecule has 0 heterocycles. The maximum Gasteiger partial charge on any atom is 0.271 e. The van der Waals surface area contributed by atoms with Gasteiger partial charge in [0.1, 0.15) is 6.04 Å². The largest absolute Gasteiger partial charge is 0.324 e. The number of aryl methyl sites for hydroxylation is 1. The highest BCUT2D eigenvalue weighted by Gasteiger charge is 2.31. The summed E-state index contributed by atoms with van der Waals surface area (Å²) in [5.74, 6) is -0.644. The molecule has 0 saturated heterocycles. The van der Waals surface area contributed by atoms with Gasteiger partial charge in [-0.05, 0) is 37.6 Å². The number of halogens is 2. The average Bonchev–Trinajstić information content (AvgIpc) is 2.58. The van der Waals surface area contributed by atoms with Crippen LogP contribution in [0.15, 0.2) is 36.4 Å². The number of nitrogens with zero attached hydrogens (tertiary/aromatic N) is 2. The van der Waals surface area contributed by atoms with Crippen molar-refractivity contribution >= 4 is 56.2 Å². The number of benzene rings is 2. The molecule has 0 spiro atoms. The molecule has 1 amide bonds. The van der Waals surface area contributed by atoms with Gasteiger partial charge < -0.3 is 5.32 Å². The van der Waals surface area contributed by atoms with E-state index in [4.69, 9.17) is 23.2 Å². The molecule has 0 aromatic heterocycles. The number of nitrogens with one attached hydrogen (secondary N) is 1. The monoisotopic (exact) mass is 445 g/mol. The lowest BCUT2D eigenvalue weighted by Crippen LogP contribution is -2.45. The number of anilines is 2. The van der Waals surface area contributed by atoms with Gasteiger partial charge in [-0.3, -0.25) is 19.2 Å². The number of carbonyl (C=O) groups excluding carboxylic acids is 1. The van der Waals surface area contributed by atoms with Crippen molar-refractivity contribution in [2.45, 2.75) is 19.9 Å². The summed E-state index contributed by atoms with van der Waals surface area (Å²) in [7, 11) is -3.93. The lowest BCUT2D eigenvalue weighted by atomic mass is 10.1. The second kappa shape index (κ2) is 8.34. The van der Waals surface area contributed by atoms with Gasteiger partial charge in [-0.1, -0.05) is 29.3 Å². The van der Waals surface area contributed by atoms with Crippen molar-refractivity contribution in [1.82, 2.24) is 0 Å². The zero-order chi connectivity index (χ0) is 21.2. The number of sulfonamides is 1. The first-order valence-electron chi connectivity index (χ1n) is 7.92. The van der Waals surface area contributed by atoms with Crippen LogP contribution in [0.25, 0.3) is 0 Å². The predicted molar refractivity (Wildman–Crippen MR) is 110 cm³/mol. The normalized spacial score (nSPS) is 12.3. The minimum absolute atomic E-state index is 0.0495. The van der Waals surface area contributed by atoms with Gasteiger partial charge in [0.25, 0.3) is 5.69 Å². The van der Waals surface area contributed by atoms with Crippen LogP contribution in [0.1, 0.15) is 12.5 Å². The van der Waals surface area contributed by atoms with Gasteiger partial charge in [0, 0.05) is 17.8 Å². The van der Waals surface area contributed by atoms with Gasteiger partial charge in [0.15, 0.2) is 0 Å². The van der Waals surface area contributed by atoms with Gasteiger partial charge in [-0.2, -0.15) is 0 Å². The van der Waals surface area contributed by atoms with Crippen LogP contribution in [0.3, 0.4) is 0 Å². The number of nitro groups is 1. The summed E-state index contributed by atoms with van der Waals surface area (Å²) in [6.07, 6.45) is 0.925. The molecule has 0 saturated carbocycles. The zero-order valence-electron chi connectivity index (χ0n) is 15.1. The fraction of sp³-hybridized carbons (Fsp3) is 0.235. The Morgan fingerprint density at radius 2 is 1.82 bits per heavy atom. The lowest BCUT2D eigenvalue weighted by molar-refractivity contribution is -0.384. The molecule has 0 fully saturated rings. The molecule has 2 aromatic carbocycles. The van der Waals surface area contributed by atoms with Crippen molar-refractivity contribution in [2.75, 3.05) is 15.9 Å². The highest BCUT2D eigenvalue weighted by atomic mass is 35.5. The third kappa shape index (κ3) is 4.92. The fourth-order valence-electron chi connectivity index (χ4n) is 2.55. The third-order valence-electron chi connectivity index (χ3n) is 3.92. The summed E-state index contributed by atoms with van der Waals surface area (Å²) in [6, 6.07) is 7.06. The van der Waals surface area contributed by atoms with Crippen LogP contribution in [0.2, 0.25) is 10.0 Å². The number of nitro benzene ring substituents is 1. The Bertz CT molecular complexity index is 1040. The lowest BCUT2D eigenvalue weighted by Gasteiger charge is -2.29. The van der Waals surface area contributed by atoms with Crippen LogP contribution in [-0.2, 0) is 14.8 Å². The van der Waals surface area contributed by atoms with Gasteiger partial charge >= 0.3 is 0 Å². The molecule has 11 heteroatoms. The van der Waals surface area contributed by atoms with E-state index in [9.17, 15) is 23.3 Å².